The second kappa shape index (κ2) is 6.29. The molecule has 0 saturated heterocycles. The molecule has 0 spiro atoms. The SMILES string of the molecule is CCNC(C)CCc1nc(C(OC)C2CC2)no1. The quantitative estimate of drug-likeness (QED) is 0.768. The van der Waals surface area contributed by atoms with Crippen molar-refractivity contribution >= 4 is 0 Å². The van der Waals surface area contributed by atoms with E-state index >= 15 is 0 Å². The van der Waals surface area contributed by atoms with Crippen LogP contribution in [-0.4, -0.2) is 29.8 Å². The second-order valence-corrected chi connectivity index (χ2v) is 5.04. The lowest BCUT2D eigenvalue weighted by molar-refractivity contribution is 0.0751. The summed E-state index contributed by atoms with van der Waals surface area (Å²) >= 11 is 0. The zero-order valence-electron chi connectivity index (χ0n) is 11.5. The standard InChI is InChI=1S/C13H23N3O2/c1-4-14-9(2)5-8-11-15-13(16-18-11)12(17-3)10-6-7-10/h9-10,12,14H,4-8H2,1-3H3. The van der Waals surface area contributed by atoms with E-state index < -0.39 is 0 Å². The number of aryl methyl sites for hydroxylation is 1. The van der Waals surface area contributed by atoms with Crippen molar-refractivity contribution < 1.29 is 9.26 Å². The van der Waals surface area contributed by atoms with Gasteiger partial charge in [-0.3, -0.25) is 0 Å². The largest absolute Gasteiger partial charge is 0.373 e. The summed E-state index contributed by atoms with van der Waals surface area (Å²) in [5.41, 5.74) is 0. The molecule has 2 atom stereocenters. The lowest BCUT2D eigenvalue weighted by Crippen LogP contribution is -2.25. The Kier molecular flexibility index (Phi) is 4.72. The van der Waals surface area contributed by atoms with Crippen molar-refractivity contribution in [3.63, 3.8) is 0 Å². The van der Waals surface area contributed by atoms with Crippen LogP contribution >= 0.6 is 0 Å². The van der Waals surface area contributed by atoms with E-state index in [-0.39, 0.29) is 6.10 Å². The first-order chi connectivity index (χ1) is 8.74. The van der Waals surface area contributed by atoms with Crippen molar-refractivity contribution in [1.82, 2.24) is 15.5 Å². The van der Waals surface area contributed by atoms with Crippen LogP contribution in [0.2, 0.25) is 0 Å². The number of rotatable bonds is 8. The predicted molar refractivity (Wildman–Crippen MR) is 68.2 cm³/mol. The smallest absolute Gasteiger partial charge is 0.226 e. The van der Waals surface area contributed by atoms with Crippen molar-refractivity contribution in [3.8, 4) is 0 Å². The van der Waals surface area contributed by atoms with E-state index in [2.05, 4.69) is 29.3 Å². The molecule has 1 fully saturated rings. The minimum Gasteiger partial charge on any atom is -0.373 e. The van der Waals surface area contributed by atoms with Crippen molar-refractivity contribution in [2.75, 3.05) is 13.7 Å². The molecule has 1 heterocycles. The van der Waals surface area contributed by atoms with Gasteiger partial charge in [0.05, 0.1) is 0 Å². The lowest BCUT2D eigenvalue weighted by Gasteiger charge is -2.09. The maximum absolute atomic E-state index is 5.44. The first kappa shape index (κ1) is 13.5. The van der Waals surface area contributed by atoms with Gasteiger partial charge in [0.2, 0.25) is 11.7 Å². The Labute approximate surface area is 108 Å². The van der Waals surface area contributed by atoms with E-state index in [4.69, 9.17) is 9.26 Å². The van der Waals surface area contributed by atoms with Crippen molar-refractivity contribution in [3.05, 3.63) is 11.7 Å². The highest BCUT2D eigenvalue weighted by molar-refractivity contribution is 4.98. The Hall–Kier alpha value is -0.940. The molecule has 2 unspecified atom stereocenters. The van der Waals surface area contributed by atoms with E-state index in [1.54, 1.807) is 7.11 Å². The molecule has 1 aromatic rings. The fraction of sp³-hybridized carbons (Fsp3) is 0.846. The van der Waals surface area contributed by atoms with Crippen molar-refractivity contribution in [2.45, 2.75) is 51.7 Å². The summed E-state index contributed by atoms with van der Waals surface area (Å²) < 4.78 is 10.7. The molecule has 102 valence electrons. The molecule has 1 N–H and O–H groups in total. The van der Waals surface area contributed by atoms with Gasteiger partial charge in [0.25, 0.3) is 0 Å². The van der Waals surface area contributed by atoms with Gasteiger partial charge in [0.15, 0.2) is 0 Å². The van der Waals surface area contributed by atoms with Gasteiger partial charge in [-0.05, 0) is 38.6 Å². The molecule has 2 rings (SSSR count). The fourth-order valence-electron chi connectivity index (χ4n) is 2.18. The number of methoxy groups -OCH3 is 1. The zero-order chi connectivity index (χ0) is 13.0. The summed E-state index contributed by atoms with van der Waals surface area (Å²) in [6.07, 6.45) is 4.27. The summed E-state index contributed by atoms with van der Waals surface area (Å²) in [5.74, 6) is 2.02. The summed E-state index contributed by atoms with van der Waals surface area (Å²) in [6.45, 7) is 5.27. The molecule has 0 bridgehead atoms. The third kappa shape index (κ3) is 3.53. The van der Waals surface area contributed by atoms with Gasteiger partial charge in [0.1, 0.15) is 6.10 Å². The van der Waals surface area contributed by atoms with E-state index in [9.17, 15) is 0 Å². The van der Waals surface area contributed by atoms with Crippen LogP contribution in [0.3, 0.4) is 0 Å². The Morgan fingerprint density at radius 2 is 2.28 bits per heavy atom. The average Bonchev–Trinajstić information content (AvgIpc) is 3.07. The van der Waals surface area contributed by atoms with Crippen LogP contribution in [0, 0.1) is 5.92 Å². The van der Waals surface area contributed by atoms with Crippen LogP contribution in [0.1, 0.15) is 50.9 Å². The first-order valence-corrected chi connectivity index (χ1v) is 6.83. The highest BCUT2D eigenvalue weighted by atomic mass is 16.5. The molecule has 1 aromatic heterocycles. The molecule has 0 amide bonds. The van der Waals surface area contributed by atoms with Gasteiger partial charge < -0.3 is 14.6 Å². The van der Waals surface area contributed by atoms with E-state index in [1.807, 2.05) is 0 Å². The van der Waals surface area contributed by atoms with Crippen molar-refractivity contribution in [1.29, 1.82) is 0 Å². The third-order valence-electron chi connectivity index (χ3n) is 3.39. The molecule has 5 heteroatoms. The molecular weight excluding hydrogens is 230 g/mol. The molecule has 0 aliphatic heterocycles. The Morgan fingerprint density at radius 3 is 2.89 bits per heavy atom. The molecule has 0 radical (unpaired) electrons. The summed E-state index contributed by atoms with van der Waals surface area (Å²) in [4.78, 5) is 4.44. The summed E-state index contributed by atoms with van der Waals surface area (Å²) in [5, 5.41) is 7.41. The Morgan fingerprint density at radius 1 is 1.50 bits per heavy atom. The van der Waals surface area contributed by atoms with Crippen LogP contribution in [-0.2, 0) is 11.2 Å². The number of hydrogen-bond acceptors (Lipinski definition) is 5. The van der Waals surface area contributed by atoms with E-state index in [0.717, 1.165) is 25.3 Å². The highest BCUT2D eigenvalue weighted by Gasteiger charge is 2.35. The molecule has 1 aliphatic carbocycles. The molecule has 5 nitrogen and oxygen atoms in total. The zero-order valence-corrected chi connectivity index (χ0v) is 11.5. The monoisotopic (exact) mass is 253 g/mol. The van der Waals surface area contributed by atoms with E-state index in [1.165, 1.54) is 12.8 Å². The molecular formula is C13H23N3O2. The lowest BCUT2D eigenvalue weighted by atomic mass is 10.2. The number of nitrogens with one attached hydrogen (secondary N) is 1. The van der Waals surface area contributed by atoms with Crippen molar-refractivity contribution in [2.24, 2.45) is 5.92 Å². The normalized spacial score (nSPS) is 18.8. The number of aromatic nitrogens is 2. The molecule has 1 saturated carbocycles. The number of hydrogen-bond donors (Lipinski definition) is 1. The van der Waals surface area contributed by atoms with Gasteiger partial charge in [-0.1, -0.05) is 12.1 Å². The van der Waals surface area contributed by atoms with Gasteiger partial charge >= 0.3 is 0 Å². The fourth-order valence-corrected chi connectivity index (χ4v) is 2.18. The van der Waals surface area contributed by atoms with E-state index in [0.29, 0.717) is 17.8 Å². The van der Waals surface area contributed by atoms with Crippen LogP contribution in [0.5, 0.6) is 0 Å². The van der Waals surface area contributed by atoms with Crippen LogP contribution in [0.4, 0.5) is 0 Å². The predicted octanol–water partition coefficient (Wildman–Crippen LogP) is 2.10. The Balaban J connectivity index is 1.85. The number of nitrogens with zero attached hydrogens (tertiary/aromatic N) is 2. The first-order valence-electron chi connectivity index (χ1n) is 6.83. The van der Waals surface area contributed by atoms with Gasteiger partial charge in [-0.15, -0.1) is 0 Å². The van der Waals surface area contributed by atoms with Gasteiger partial charge in [0, 0.05) is 19.6 Å². The minimum atomic E-state index is 0.0219. The Bertz CT molecular complexity index is 363. The highest BCUT2D eigenvalue weighted by Crippen LogP contribution is 2.41. The third-order valence-corrected chi connectivity index (χ3v) is 3.39. The molecule has 0 aromatic carbocycles. The maximum Gasteiger partial charge on any atom is 0.226 e. The molecule has 18 heavy (non-hydrogen) atoms. The van der Waals surface area contributed by atoms with Crippen LogP contribution in [0.25, 0.3) is 0 Å². The number of ether oxygens (including phenoxy) is 1. The van der Waals surface area contributed by atoms with Gasteiger partial charge in [-0.2, -0.15) is 4.98 Å². The van der Waals surface area contributed by atoms with Crippen LogP contribution < -0.4 is 5.32 Å². The topological polar surface area (TPSA) is 60.2 Å². The minimum absolute atomic E-state index is 0.0219. The summed E-state index contributed by atoms with van der Waals surface area (Å²) in [6, 6.07) is 0.479. The maximum atomic E-state index is 5.44. The van der Waals surface area contributed by atoms with Crippen LogP contribution in [0.15, 0.2) is 4.52 Å². The summed E-state index contributed by atoms with van der Waals surface area (Å²) in [7, 11) is 1.71. The second-order valence-electron chi connectivity index (χ2n) is 5.04. The van der Waals surface area contributed by atoms with Gasteiger partial charge in [-0.25, -0.2) is 0 Å². The molecule has 1 aliphatic rings. The average molecular weight is 253 g/mol.